The van der Waals surface area contributed by atoms with E-state index in [1.54, 1.807) is 13.8 Å². The Morgan fingerprint density at radius 1 is 1.37 bits per heavy atom. The third-order valence-electron chi connectivity index (χ3n) is 2.67. The lowest BCUT2D eigenvalue weighted by Crippen LogP contribution is -2.25. The zero-order chi connectivity index (χ0) is 14.3. The van der Waals surface area contributed by atoms with E-state index >= 15 is 0 Å². The predicted molar refractivity (Wildman–Crippen MR) is 68.8 cm³/mol. The maximum atomic E-state index is 11.8. The van der Waals surface area contributed by atoms with Crippen LogP contribution in [0.1, 0.15) is 20.3 Å². The van der Waals surface area contributed by atoms with Gasteiger partial charge in [-0.2, -0.15) is 0 Å². The van der Waals surface area contributed by atoms with Gasteiger partial charge in [0.15, 0.2) is 0 Å². The fraction of sp³-hybridized carbons (Fsp3) is 0.615. The minimum absolute atomic E-state index is 0.180. The molecule has 0 fully saturated rings. The molecule has 0 bridgehead atoms. The summed E-state index contributed by atoms with van der Waals surface area (Å²) in [7, 11) is 1.53. The lowest BCUT2D eigenvalue weighted by molar-refractivity contribution is -0.145. The first-order chi connectivity index (χ1) is 9.10. The SMILES string of the molecule is CCOC(=O)C1C=NC(C)=C(C(=O)OCCOC)C1. The van der Waals surface area contributed by atoms with Crippen LogP contribution in [0.25, 0.3) is 0 Å². The average molecular weight is 269 g/mol. The van der Waals surface area contributed by atoms with Gasteiger partial charge in [-0.15, -0.1) is 0 Å². The second kappa shape index (κ2) is 7.68. The van der Waals surface area contributed by atoms with Gasteiger partial charge in [-0.1, -0.05) is 0 Å². The second-order valence-corrected chi connectivity index (χ2v) is 4.03. The topological polar surface area (TPSA) is 74.2 Å². The van der Waals surface area contributed by atoms with E-state index in [-0.39, 0.29) is 19.0 Å². The van der Waals surface area contributed by atoms with E-state index in [0.717, 1.165) is 0 Å². The lowest BCUT2D eigenvalue weighted by atomic mass is 9.96. The summed E-state index contributed by atoms with van der Waals surface area (Å²) in [4.78, 5) is 27.5. The minimum atomic E-state index is -0.520. The smallest absolute Gasteiger partial charge is 0.335 e. The monoisotopic (exact) mass is 269 g/mol. The molecule has 0 N–H and O–H groups in total. The first kappa shape index (κ1) is 15.4. The van der Waals surface area contributed by atoms with Crippen LogP contribution in [0, 0.1) is 5.92 Å². The number of methoxy groups -OCH3 is 1. The third kappa shape index (κ3) is 4.48. The maximum Gasteiger partial charge on any atom is 0.335 e. The molecule has 0 aromatic rings. The molecular formula is C13H19NO5. The Bertz CT molecular complexity index is 400. The van der Waals surface area contributed by atoms with E-state index in [2.05, 4.69) is 4.99 Å². The van der Waals surface area contributed by atoms with Crippen molar-refractivity contribution in [2.24, 2.45) is 10.9 Å². The molecule has 6 heteroatoms. The molecule has 1 aliphatic rings. The van der Waals surface area contributed by atoms with E-state index in [0.29, 0.717) is 24.5 Å². The summed E-state index contributed by atoms with van der Waals surface area (Å²) in [5.74, 6) is -1.35. The lowest BCUT2D eigenvalue weighted by Gasteiger charge is -2.18. The van der Waals surface area contributed by atoms with Gasteiger partial charge in [0.25, 0.3) is 0 Å². The van der Waals surface area contributed by atoms with Crippen LogP contribution in [0.15, 0.2) is 16.3 Å². The quantitative estimate of drug-likeness (QED) is 0.533. The van der Waals surface area contributed by atoms with Gasteiger partial charge in [-0.25, -0.2) is 4.79 Å². The number of hydrogen-bond acceptors (Lipinski definition) is 6. The predicted octanol–water partition coefficient (Wildman–Crippen LogP) is 1.10. The molecule has 1 heterocycles. The van der Waals surface area contributed by atoms with Crippen molar-refractivity contribution in [3.8, 4) is 0 Å². The second-order valence-electron chi connectivity index (χ2n) is 4.03. The van der Waals surface area contributed by atoms with Gasteiger partial charge in [-0.05, 0) is 20.3 Å². The van der Waals surface area contributed by atoms with Crippen LogP contribution >= 0.6 is 0 Å². The van der Waals surface area contributed by atoms with Gasteiger partial charge < -0.3 is 14.2 Å². The molecular weight excluding hydrogens is 250 g/mol. The highest BCUT2D eigenvalue weighted by Crippen LogP contribution is 2.22. The fourth-order valence-corrected chi connectivity index (χ4v) is 1.63. The number of carbonyl (C=O) groups excluding carboxylic acids is 2. The number of nitrogens with zero attached hydrogens (tertiary/aromatic N) is 1. The molecule has 0 aromatic heterocycles. The molecule has 0 aromatic carbocycles. The number of rotatable bonds is 6. The molecule has 6 nitrogen and oxygen atoms in total. The summed E-state index contributed by atoms with van der Waals surface area (Å²) in [5, 5.41) is 0. The minimum Gasteiger partial charge on any atom is -0.465 e. The first-order valence-electron chi connectivity index (χ1n) is 6.16. The van der Waals surface area contributed by atoms with Crippen molar-refractivity contribution in [1.29, 1.82) is 0 Å². The van der Waals surface area contributed by atoms with Crippen LogP contribution in [0.3, 0.4) is 0 Å². The maximum absolute atomic E-state index is 11.8. The molecule has 0 aliphatic carbocycles. The fourth-order valence-electron chi connectivity index (χ4n) is 1.63. The summed E-state index contributed by atoms with van der Waals surface area (Å²) >= 11 is 0. The van der Waals surface area contributed by atoms with Gasteiger partial charge in [0.1, 0.15) is 6.61 Å². The van der Waals surface area contributed by atoms with Crippen molar-refractivity contribution < 1.29 is 23.8 Å². The van der Waals surface area contributed by atoms with Crippen LogP contribution in [0.2, 0.25) is 0 Å². The standard InChI is InChI=1S/C13H19NO5/c1-4-18-12(15)10-7-11(9(2)14-8-10)13(16)19-6-5-17-3/h8,10H,4-7H2,1-3H3. The Morgan fingerprint density at radius 3 is 2.74 bits per heavy atom. The van der Waals surface area contributed by atoms with Crippen molar-refractivity contribution in [2.45, 2.75) is 20.3 Å². The molecule has 1 rings (SSSR count). The van der Waals surface area contributed by atoms with E-state index < -0.39 is 11.9 Å². The number of esters is 2. The van der Waals surface area contributed by atoms with Crippen LogP contribution in [0.5, 0.6) is 0 Å². The van der Waals surface area contributed by atoms with Crippen molar-refractivity contribution in [3.05, 3.63) is 11.3 Å². The van der Waals surface area contributed by atoms with E-state index in [9.17, 15) is 9.59 Å². The number of allylic oxidation sites excluding steroid dienone is 1. The molecule has 19 heavy (non-hydrogen) atoms. The molecule has 1 unspecified atom stereocenters. The summed E-state index contributed by atoms with van der Waals surface area (Å²) in [5.41, 5.74) is 0.986. The normalized spacial score (nSPS) is 18.4. The van der Waals surface area contributed by atoms with Gasteiger partial charge >= 0.3 is 11.9 Å². The van der Waals surface area contributed by atoms with Gasteiger partial charge in [-0.3, -0.25) is 9.79 Å². The molecule has 0 amide bonds. The zero-order valence-electron chi connectivity index (χ0n) is 11.5. The first-order valence-corrected chi connectivity index (χ1v) is 6.16. The van der Waals surface area contributed by atoms with Gasteiger partial charge in [0.05, 0.1) is 24.7 Å². The summed E-state index contributed by atoms with van der Waals surface area (Å²) in [6.07, 6.45) is 1.78. The van der Waals surface area contributed by atoms with Crippen molar-refractivity contribution in [2.75, 3.05) is 26.9 Å². The van der Waals surface area contributed by atoms with Crippen molar-refractivity contribution in [3.63, 3.8) is 0 Å². The zero-order valence-corrected chi connectivity index (χ0v) is 11.5. The molecule has 0 radical (unpaired) electrons. The van der Waals surface area contributed by atoms with Gasteiger partial charge in [0.2, 0.25) is 0 Å². The molecule has 0 spiro atoms. The number of hydrogen-bond donors (Lipinski definition) is 0. The highest BCUT2D eigenvalue weighted by atomic mass is 16.6. The van der Waals surface area contributed by atoms with Crippen molar-refractivity contribution in [1.82, 2.24) is 0 Å². The van der Waals surface area contributed by atoms with E-state index in [4.69, 9.17) is 14.2 Å². The number of aliphatic imine (C=N–C) groups is 1. The Hall–Kier alpha value is -1.69. The summed E-state index contributed by atoms with van der Waals surface area (Å²) in [6.45, 7) is 4.27. The van der Waals surface area contributed by atoms with Crippen LogP contribution in [-0.4, -0.2) is 45.1 Å². The van der Waals surface area contributed by atoms with Crippen LogP contribution < -0.4 is 0 Å². The third-order valence-corrected chi connectivity index (χ3v) is 2.67. The Balaban J connectivity index is 2.64. The Labute approximate surface area is 112 Å². The Kier molecular flexibility index (Phi) is 6.21. The van der Waals surface area contributed by atoms with Crippen molar-refractivity contribution >= 4 is 18.2 Å². The summed E-state index contributed by atoms with van der Waals surface area (Å²) in [6, 6.07) is 0. The van der Waals surface area contributed by atoms with Crippen LogP contribution in [0.4, 0.5) is 0 Å². The molecule has 1 aliphatic heterocycles. The highest BCUT2D eigenvalue weighted by Gasteiger charge is 2.27. The number of ether oxygens (including phenoxy) is 3. The Morgan fingerprint density at radius 2 is 2.11 bits per heavy atom. The largest absolute Gasteiger partial charge is 0.465 e. The highest BCUT2D eigenvalue weighted by molar-refractivity contribution is 5.97. The van der Waals surface area contributed by atoms with E-state index in [1.165, 1.54) is 13.3 Å². The van der Waals surface area contributed by atoms with E-state index in [1.807, 2.05) is 0 Å². The molecule has 0 saturated heterocycles. The average Bonchev–Trinajstić information content (AvgIpc) is 2.39. The molecule has 1 atom stereocenters. The molecule has 106 valence electrons. The van der Waals surface area contributed by atoms with Crippen LogP contribution in [-0.2, 0) is 23.8 Å². The molecule has 0 saturated carbocycles. The van der Waals surface area contributed by atoms with Gasteiger partial charge in [0, 0.05) is 19.0 Å². The number of carbonyl (C=O) groups is 2. The summed E-state index contributed by atoms with van der Waals surface area (Å²) < 4.78 is 14.8.